The van der Waals surface area contributed by atoms with Crippen molar-refractivity contribution in [3.8, 4) is 0 Å². The molecule has 0 unspecified atom stereocenters. The Balaban J connectivity index is 1.84. The van der Waals surface area contributed by atoms with Gasteiger partial charge in [0.15, 0.2) is 5.76 Å². The molecular formula is C14H20N4O4. The third-order valence-corrected chi connectivity index (χ3v) is 3.49. The summed E-state index contributed by atoms with van der Waals surface area (Å²) in [6, 6.07) is 2.97. The van der Waals surface area contributed by atoms with E-state index in [1.165, 1.54) is 17.2 Å². The first-order valence-electron chi connectivity index (χ1n) is 7.09. The van der Waals surface area contributed by atoms with Gasteiger partial charge >= 0.3 is 11.9 Å². The smallest absolute Gasteiger partial charge is 0.319 e. The Hall–Kier alpha value is -2.51. The highest BCUT2D eigenvalue weighted by atomic mass is 16.3. The van der Waals surface area contributed by atoms with Crippen LogP contribution in [0.3, 0.4) is 0 Å². The molecule has 8 nitrogen and oxygen atoms in total. The summed E-state index contributed by atoms with van der Waals surface area (Å²) in [6.07, 6.45) is 2.81. The number of furan rings is 1. The molecule has 0 spiro atoms. The van der Waals surface area contributed by atoms with Gasteiger partial charge in [-0.1, -0.05) is 0 Å². The summed E-state index contributed by atoms with van der Waals surface area (Å²) in [6.45, 7) is 0.985. The number of nitrogens with zero attached hydrogens (tertiary/aromatic N) is 2. The first-order chi connectivity index (χ1) is 10.5. The number of rotatable bonds is 2. The Bertz CT molecular complexity index is 541. The normalized spacial score (nSPS) is 17.7. The summed E-state index contributed by atoms with van der Waals surface area (Å²) < 4.78 is 4.93. The molecule has 0 aromatic carbocycles. The molecule has 0 saturated carbocycles. The zero-order valence-electron chi connectivity index (χ0n) is 12.7. The molecule has 1 fully saturated rings. The van der Waals surface area contributed by atoms with E-state index in [2.05, 4.69) is 10.9 Å². The fraction of sp³-hybridized carbons (Fsp3) is 0.500. The number of carbonyl (C=O) groups excluding carboxylic acids is 3. The maximum Gasteiger partial charge on any atom is 0.319 e. The van der Waals surface area contributed by atoms with E-state index in [9.17, 15) is 14.4 Å². The van der Waals surface area contributed by atoms with Crippen LogP contribution in [0.5, 0.6) is 0 Å². The molecule has 1 atom stereocenters. The third kappa shape index (κ3) is 3.78. The Morgan fingerprint density at radius 2 is 2.09 bits per heavy atom. The van der Waals surface area contributed by atoms with Gasteiger partial charge in [0.2, 0.25) is 5.91 Å². The largest absolute Gasteiger partial charge is 0.459 e. The number of piperidine rings is 1. The number of carbonyl (C=O) groups is 3. The second-order valence-corrected chi connectivity index (χ2v) is 5.38. The fourth-order valence-corrected chi connectivity index (χ4v) is 2.34. The molecule has 0 aliphatic carbocycles. The SMILES string of the molecule is CN(C)C(=O)N1CCC[C@@H](C(=O)NNC(=O)c2ccco2)C1. The monoisotopic (exact) mass is 308 g/mol. The lowest BCUT2D eigenvalue weighted by Gasteiger charge is -2.33. The maximum absolute atomic E-state index is 12.1. The van der Waals surface area contributed by atoms with Crippen LogP contribution in [-0.4, -0.2) is 54.8 Å². The van der Waals surface area contributed by atoms with Gasteiger partial charge in [0.1, 0.15) is 0 Å². The van der Waals surface area contributed by atoms with Crippen LogP contribution >= 0.6 is 0 Å². The Labute approximate surface area is 128 Å². The lowest BCUT2D eigenvalue weighted by molar-refractivity contribution is -0.127. The number of urea groups is 1. The van der Waals surface area contributed by atoms with E-state index in [1.807, 2.05) is 0 Å². The van der Waals surface area contributed by atoms with Gasteiger partial charge in [-0.3, -0.25) is 20.4 Å². The average Bonchev–Trinajstić information content (AvgIpc) is 3.06. The molecule has 2 heterocycles. The van der Waals surface area contributed by atoms with E-state index in [4.69, 9.17) is 4.42 Å². The molecule has 0 radical (unpaired) electrons. The van der Waals surface area contributed by atoms with Crippen LogP contribution in [0.4, 0.5) is 4.79 Å². The van der Waals surface area contributed by atoms with E-state index in [0.29, 0.717) is 19.5 Å². The van der Waals surface area contributed by atoms with Crippen molar-refractivity contribution in [3.05, 3.63) is 24.2 Å². The van der Waals surface area contributed by atoms with Crippen LogP contribution in [0, 0.1) is 5.92 Å². The van der Waals surface area contributed by atoms with E-state index in [0.717, 1.165) is 6.42 Å². The molecule has 2 N–H and O–H groups in total. The minimum absolute atomic E-state index is 0.114. The summed E-state index contributed by atoms with van der Waals surface area (Å²) >= 11 is 0. The van der Waals surface area contributed by atoms with Crippen molar-refractivity contribution in [2.24, 2.45) is 5.92 Å². The predicted molar refractivity (Wildman–Crippen MR) is 77.7 cm³/mol. The van der Waals surface area contributed by atoms with Gasteiger partial charge in [0.05, 0.1) is 12.2 Å². The number of hydrogen-bond donors (Lipinski definition) is 2. The number of hydrogen-bond acceptors (Lipinski definition) is 4. The quantitative estimate of drug-likeness (QED) is 0.775. The number of likely N-dealkylation sites (tertiary alicyclic amines) is 1. The van der Waals surface area contributed by atoms with Crippen molar-refractivity contribution >= 4 is 17.8 Å². The van der Waals surface area contributed by atoms with Crippen molar-refractivity contribution < 1.29 is 18.8 Å². The van der Waals surface area contributed by atoms with Crippen molar-refractivity contribution in [1.82, 2.24) is 20.7 Å². The molecule has 22 heavy (non-hydrogen) atoms. The molecular weight excluding hydrogens is 288 g/mol. The second-order valence-electron chi connectivity index (χ2n) is 5.38. The standard InChI is InChI=1S/C14H20N4O4/c1-17(2)14(21)18-7-3-5-10(9-18)12(19)15-16-13(20)11-6-4-8-22-11/h4,6,8,10H,3,5,7,9H2,1-2H3,(H,15,19)(H,16,20)/t10-/m1/s1. The van der Waals surface area contributed by atoms with Crippen molar-refractivity contribution in [3.63, 3.8) is 0 Å². The van der Waals surface area contributed by atoms with Crippen LogP contribution < -0.4 is 10.9 Å². The van der Waals surface area contributed by atoms with Crippen LogP contribution in [0.25, 0.3) is 0 Å². The Kier molecular flexibility index (Phi) is 5.03. The van der Waals surface area contributed by atoms with Crippen molar-refractivity contribution in [1.29, 1.82) is 0 Å². The van der Waals surface area contributed by atoms with Gasteiger partial charge in [-0.2, -0.15) is 0 Å². The van der Waals surface area contributed by atoms with E-state index in [1.54, 1.807) is 25.1 Å². The lowest BCUT2D eigenvalue weighted by atomic mass is 9.97. The number of amides is 4. The summed E-state index contributed by atoms with van der Waals surface area (Å²) in [5.74, 6) is -1.05. The molecule has 1 aliphatic heterocycles. The maximum atomic E-state index is 12.1. The van der Waals surface area contributed by atoms with Crippen molar-refractivity contribution in [2.75, 3.05) is 27.2 Å². The van der Waals surface area contributed by atoms with Gasteiger partial charge in [-0.05, 0) is 25.0 Å². The molecule has 2 rings (SSSR count). The highest BCUT2D eigenvalue weighted by Crippen LogP contribution is 2.17. The first-order valence-corrected chi connectivity index (χ1v) is 7.09. The van der Waals surface area contributed by atoms with Gasteiger partial charge < -0.3 is 14.2 Å². The Morgan fingerprint density at radius 3 is 2.73 bits per heavy atom. The van der Waals surface area contributed by atoms with Crippen LogP contribution in [-0.2, 0) is 4.79 Å². The molecule has 8 heteroatoms. The topological polar surface area (TPSA) is 94.9 Å². The summed E-state index contributed by atoms with van der Waals surface area (Å²) in [4.78, 5) is 38.8. The number of hydrazine groups is 1. The van der Waals surface area contributed by atoms with Gasteiger partial charge in [-0.25, -0.2) is 4.79 Å². The highest BCUT2D eigenvalue weighted by Gasteiger charge is 2.29. The van der Waals surface area contributed by atoms with Crippen LogP contribution in [0.2, 0.25) is 0 Å². The molecule has 1 aromatic rings. The first kappa shape index (κ1) is 15.9. The van der Waals surface area contributed by atoms with Crippen LogP contribution in [0.15, 0.2) is 22.8 Å². The molecule has 1 aromatic heterocycles. The second kappa shape index (κ2) is 6.97. The molecule has 1 aliphatic rings. The third-order valence-electron chi connectivity index (χ3n) is 3.49. The van der Waals surface area contributed by atoms with E-state index in [-0.39, 0.29) is 23.6 Å². The zero-order chi connectivity index (χ0) is 16.1. The van der Waals surface area contributed by atoms with E-state index < -0.39 is 5.91 Å². The molecule has 120 valence electrons. The van der Waals surface area contributed by atoms with Crippen LogP contribution in [0.1, 0.15) is 23.4 Å². The van der Waals surface area contributed by atoms with E-state index >= 15 is 0 Å². The molecule has 4 amide bonds. The van der Waals surface area contributed by atoms with Crippen molar-refractivity contribution in [2.45, 2.75) is 12.8 Å². The average molecular weight is 308 g/mol. The molecule has 0 bridgehead atoms. The summed E-state index contributed by atoms with van der Waals surface area (Å²) in [5.41, 5.74) is 4.68. The van der Waals surface area contributed by atoms with Gasteiger partial charge in [-0.15, -0.1) is 0 Å². The minimum atomic E-state index is -0.518. The van der Waals surface area contributed by atoms with Gasteiger partial charge in [0.25, 0.3) is 0 Å². The zero-order valence-corrected chi connectivity index (χ0v) is 12.7. The lowest BCUT2D eigenvalue weighted by Crippen LogP contribution is -2.51. The fourth-order valence-electron chi connectivity index (χ4n) is 2.34. The van der Waals surface area contributed by atoms with Gasteiger partial charge in [0, 0.05) is 27.2 Å². The Morgan fingerprint density at radius 1 is 1.32 bits per heavy atom. The minimum Gasteiger partial charge on any atom is -0.459 e. The summed E-state index contributed by atoms with van der Waals surface area (Å²) in [5, 5.41) is 0. The number of nitrogens with one attached hydrogen (secondary N) is 2. The summed E-state index contributed by atoms with van der Waals surface area (Å²) in [7, 11) is 3.35. The predicted octanol–water partition coefficient (Wildman–Crippen LogP) is 0.434. The highest BCUT2D eigenvalue weighted by molar-refractivity contribution is 5.93. The molecule has 1 saturated heterocycles.